The highest BCUT2D eigenvalue weighted by atomic mass is 32.2. The highest BCUT2D eigenvalue weighted by molar-refractivity contribution is 8.15. The Bertz CT molecular complexity index is 739. The predicted octanol–water partition coefficient (Wildman–Crippen LogP) is 2.10. The molecule has 1 N–H and O–H groups in total. The van der Waals surface area contributed by atoms with Gasteiger partial charge in [0.1, 0.15) is 0 Å². The topological polar surface area (TPSA) is 66.7 Å². The highest BCUT2D eigenvalue weighted by Crippen LogP contribution is 2.19. The van der Waals surface area contributed by atoms with Gasteiger partial charge in [-0.15, -0.1) is 5.10 Å². The Hall–Kier alpha value is -2.21. The van der Waals surface area contributed by atoms with Gasteiger partial charge in [-0.2, -0.15) is 5.10 Å². The summed E-state index contributed by atoms with van der Waals surface area (Å²) in [5.41, 5.74) is 3.05. The average Bonchev–Trinajstić information content (AvgIpc) is 2.87. The normalized spacial score (nSPS) is 17.2. The average molecular weight is 284 g/mol. The number of nitrogens with zero attached hydrogens (tertiary/aromatic N) is 3. The van der Waals surface area contributed by atoms with Gasteiger partial charge in [-0.3, -0.25) is 9.78 Å². The van der Waals surface area contributed by atoms with Gasteiger partial charge in [-0.25, -0.2) is 0 Å². The van der Waals surface area contributed by atoms with Crippen molar-refractivity contribution in [2.24, 2.45) is 10.2 Å². The first-order valence-corrected chi connectivity index (χ1v) is 7.10. The summed E-state index contributed by atoms with van der Waals surface area (Å²) < 4.78 is 0. The number of carbonyl (C=O) groups excluding carboxylic acids is 1. The summed E-state index contributed by atoms with van der Waals surface area (Å²) in [6, 6.07) is 7.91. The molecule has 3 rings (SSSR count). The number of benzene rings is 1. The third-order valence-electron chi connectivity index (χ3n) is 2.94. The van der Waals surface area contributed by atoms with Crippen LogP contribution in [0.25, 0.3) is 10.9 Å². The number of hydrogen-bond donors (Lipinski definition) is 1. The van der Waals surface area contributed by atoms with Crippen LogP contribution in [-0.4, -0.2) is 28.0 Å². The Morgan fingerprint density at radius 2 is 2.30 bits per heavy atom. The van der Waals surface area contributed by atoms with Crippen molar-refractivity contribution in [3.05, 3.63) is 41.6 Å². The smallest absolute Gasteiger partial charge is 0.236 e. The quantitative estimate of drug-likeness (QED) is 0.678. The zero-order valence-electron chi connectivity index (χ0n) is 10.8. The molecule has 2 heterocycles. The second kappa shape index (κ2) is 5.42. The molecule has 0 bridgehead atoms. The maximum atomic E-state index is 11.0. The van der Waals surface area contributed by atoms with E-state index < -0.39 is 0 Å². The number of carbonyl (C=O) groups is 1. The Kier molecular flexibility index (Phi) is 3.47. The lowest BCUT2D eigenvalue weighted by Gasteiger charge is -2.03. The van der Waals surface area contributed by atoms with Gasteiger partial charge in [0.2, 0.25) is 5.91 Å². The number of fused-ring (bicyclic) bond motifs is 1. The van der Waals surface area contributed by atoms with Crippen molar-refractivity contribution in [2.75, 3.05) is 5.75 Å². The molecule has 1 aromatic heterocycles. The molecule has 6 heteroatoms. The summed E-state index contributed by atoms with van der Waals surface area (Å²) in [5.74, 6) is 0.375. The van der Waals surface area contributed by atoms with Crippen molar-refractivity contribution in [3.8, 4) is 0 Å². The Balaban J connectivity index is 1.91. The summed E-state index contributed by atoms with van der Waals surface area (Å²) in [4.78, 5) is 15.4. The fraction of sp³-hybridized carbons (Fsp3) is 0.143. The van der Waals surface area contributed by atoms with Crippen LogP contribution in [0.1, 0.15) is 11.1 Å². The van der Waals surface area contributed by atoms with Gasteiger partial charge < -0.3 is 5.32 Å². The number of pyridine rings is 1. The van der Waals surface area contributed by atoms with E-state index in [2.05, 4.69) is 20.5 Å². The molecular weight excluding hydrogens is 272 g/mol. The second-order valence-electron chi connectivity index (χ2n) is 4.36. The van der Waals surface area contributed by atoms with Crippen molar-refractivity contribution in [1.29, 1.82) is 0 Å². The van der Waals surface area contributed by atoms with Gasteiger partial charge in [-0.1, -0.05) is 30.0 Å². The van der Waals surface area contributed by atoms with Crippen molar-refractivity contribution in [1.82, 2.24) is 10.3 Å². The molecular formula is C14H12N4OS. The molecule has 0 unspecified atom stereocenters. The first kappa shape index (κ1) is 12.8. The maximum absolute atomic E-state index is 11.0. The molecule has 2 aromatic rings. The molecule has 20 heavy (non-hydrogen) atoms. The van der Waals surface area contributed by atoms with Crippen LogP contribution in [0.5, 0.6) is 0 Å². The second-order valence-corrected chi connectivity index (χ2v) is 5.32. The number of amidine groups is 1. The number of hydrogen-bond acceptors (Lipinski definition) is 5. The highest BCUT2D eigenvalue weighted by Gasteiger charge is 2.15. The minimum Gasteiger partial charge on any atom is -0.303 e. The van der Waals surface area contributed by atoms with E-state index in [1.807, 2.05) is 31.2 Å². The van der Waals surface area contributed by atoms with Gasteiger partial charge in [-0.05, 0) is 18.6 Å². The third-order valence-corrected chi connectivity index (χ3v) is 3.80. The molecule has 1 aromatic carbocycles. The fourth-order valence-electron chi connectivity index (χ4n) is 1.97. The SMILES string of the molecule is Cc1ccc(C=NN=C2NC(=O)CS2)c2cccnc12. The minimum atomic E-state index is -0.0334. The Labute approximate surface area is 120 Å². The zero-order valence-corrected chi connectivity index (χ0v) is 11.6. The monoisotopic (exact) mass is 284 g/mol. The van der Waals surface area contributed by atoms with Crippen molar-refractivity contribution in [3.63, 3.8) is 0 Å². The van der Waals surface area contributed by atoms with Crippen LogP contribution in [0.4, 0.5) is 0 Å². The molecule has 1 fully saturated rings. The van der Waals surface area contributed by atoms with E-state index in [0.717, 1.165) is 22.0 Å². The van der Waals surface area contributed by atoms with Crippen molar-refractivity contribution >= 4 is 40.0 Å². The molecule has 1 amide bonds. The Morgan fingerprint density at radius 1 is 1.40 bits per heavy atom. The van der Waals surface area contributed by atoms with Crippen molar-refractivity contribution < 1.29 is 4.79 Å². The van der Waals surface area contributed by atoms with Crippen LogP contribution in [-0.2, 0) is 4.79 Å². The lowest BCUT2D eigenvalue weighted by molar-refractivity contribution is -0.116. The molecule has 100 valence electrons. The van der Waals surface area contributed by atoms with Gasteiger partial charge in [0, 0.05) is 17.1 Å². The van der Waals surface area contributed by atoms with Crippen molar-refractivity contribution in [2.45, 2.75) is 6.92 Å². The van der Waals surface area contributed by atoms with Gasteiger partial charge >= 0.3 is 0 Å². The predicted molar refractivity (Wildman–Crippen MR) is 82.1 cm³/mol. The Morgan fingerprint density at radius 3 is 3.10 bits per heavy atom. The molecule has 1 aliphatic rings. The number of thioether (sulfide) groups is 1. The summed E-state index contributed by atoms with van der Waals surface area (Å²) in [5, 5.41) is 12.3. The number of rotatable bonds is 2. The number of aromatic nitrogens is 1. The molecule has 0 atom stereocenters. The summed E-state index contributed by atoms with van der Waals surface area (Å²) >= 11 is 1.35. The standard InChI is InChI=1S/C14H12N4OS/c1-9-4-5-10(11-3-2-6-15-13(9)11)7-16-18-14-17-12(19)8-20-14/h2-7H,8H2,1H3,(H,17,18,19). The molecule has 0 spiro atoms. The van der Waals surface area contributed by atoms with E-state index in [4.69, 9.17) is 0 Å². The van der Waals surface area contributed by atoms with Crippen LogP contribution < -0.4 is 5.32 Å². The van der Waals surface area contributed by atoms with E-state index in [1.54, 1.807) is 12.4 Å². The number of nitrogens with one attached hydrogen (secondary N) is 1. The molecule has 0 radical (unpaired) electrons. The van der Waals surface area contributed by atoms with Crippen LogP contribution in [0.2, 0.25) is 0 Å². The summed E-state index contributed by atoms with van der Waals surface area (Å²) in [6.07, 6.45) is 3.46. The van der Waals surface area contributed by atoms with E-state index in [-0.39, 0.29) is 5.91 Å². The lowest BCUT2D eigenvalue weighted by atomic mass is 10.1. The lowest BCUT2D eigenvalue weighted by Crippen LogP contribution is -2.19. The fourth-order valence-corrected chi connectivity index (χ4v) is 2.60. The van der Waals surface area contributed by atoms with Crippen LogP contribution in [0, 0.1) is 6.92 Å². The maximum Gasteiger partial charge on any atom is 0.236 e. The third kappa shape index (κ3) is 2.55. The molecule has 1 aliphatic heterocycles. The van der Waals surface area contributed by atoms with Gasteiger partial charge in [0.25, 0.3) is 0 Å². The van der Waals surface area contributed by atoms with Crippen LogP contribution in [0.15, 0.2) is 40.7 Å². The number of aryl methyl sites for hydroxylation is 1. The van der Waals surface area contributed by atoms with Gasteiger partial charge in [0.15, 0.2) is 5.17 Å². The van der Waals surface area contributed by atoms with Gasteiger partial charge in [0.05, 0.1) is 17.5 Å². The molecule has 1 saturated heterocycles. The largest absolute Gasteiger partial charge is 0.303 e. The summed E-state index contributed by atoms with van der Waals surface area (Å²) in [6.45, 7) is 2.03. The first-order chi connectivity index (χ1) is 9.74. The van der Waals surface area contributed by atoms with Crippen LogP contribution in [0.3, 0.4) is 0 Å². The molecule has 5 nitrogen and oxygen atoms in total. The van der Waals surface area contributed by atoms with E-state index in [0.29, 0.717) is 10.9 Å². The van der Waals surface area contributed by atoms with E-state index in [1.165, 1.54) is 11.8 Å². The first-order valence-electron chi connectivity index (χ1n) is 6.12. The minimum absolute atomic E-state index is 0.0334. The molecule has 0 saturated carbocycles. The zero-order chi connectivity index (χ0) is 13.9. The van der Waals surface area contributed by atoms with E-state index >= 15 is 0 Å². The molecule has 0 aliphatic carbocycles. The van der Waals surface area contributed by atoms with Crippen LogP contribution >= 0.6 is 11.8 Å². The van der Waals surface area contributed by atoms with E-state index in [9.17, 15) is 4.79 Å². The number of amides is 1. The summed E-state index contributed by atoms with van der Waals surface area (Å²) in [7, 11) is 0.